The van der Waals surface area contributed by atoms with Crippen LogP contribution in [-0.4, -0.2) is 71.4 Å². The highest BCUT2D eigenvalue weighted by atomic mass is 32.2. The van der Waals surface area contributed by atoms with E-state index in [1.807, 2.05) is 4.68 Å². The average molecular weight is 394 g/mol. The zero-order valence-electron chi connectivity index (χ0n) is 14.2. The van der Waals surface area contributed by atoms with Crippen molar-refractivity contribution in [3.05, 3.63) is 17.5 Å². The Hall–Kier alpha value is -1.62. The number of nitrogens with zero attached hydrogens (tertiary/aromatic N) is 4. The van der Waals surface area contributed by atoms with Gasteiger partial charge in [-0.2, -0.15) is 22.6 Å². The lowest BCUT2D eigenvalue weighted by atomic mass is 10.1. The molecule has 1 amide bonds. The van der Waals surface area contributed by atoms with Gasteiger partial charge in [0.2, 0.25) is 10.0 Å². The van der Waals surface area contributed by atoms with E-state index in [0.717, 1.165) is 35.8 Å². The van der Waals surface area contributed by atoms with Crippen LogP contribution >= 0.6 is 0 Å². The fraction of sp³-hybridized carbons (Fsp3) is 0.733. The number of fused-ring (bicyclic) bond motifs is 1. The number of sulfonamides is 1. The molecule has 1 saturated heterocycles. The van der Waals surface area contributed by atoms with Gasteiger partial charge in [0.25, 0.3) is 5.91 Å². The zero-order valence-corrected chi connectivity index (χ0v) is 15.0. The van der Waals surface area contributed by atoms with Gasteiger partial charge >= 0.3 is 6.18 Å². The number of alkyl halides is 3. The molecular formula is C15H21F3N4O3S. The molecule has 0 radical (unpaired) electrons. The average Bonchev–Trinajstić information content (AvgIpc) is 3.03. The van der Waals surface area contributed by atoms with Crippen LogP contribution < -0.4 is 0 Å². The summed E-state index contributed by atoms with van der Waals surface area (Å²) in [6.45, 7) is 1.13. The molecule has 0 unspecified atom stereocenters. The van der Waals surface area contributed by atoms with E-state index in [0.29, 0.717) is 5.56 Å². The van der Waals surface area contributed by atoms with E-state index in [9.17, 15) is 26.4 Å². The lowest BCUT2D eigenvalue weighted by molar-refractivity contribution is -0.130. The molecule has 0 spiro atoms. The number of rotatable bonds is 4. The van der Waals surface area contributed by atoms with Crippen LogP contribution in [0.2, 0.25) is 0 Å². The van der Waals surface area contributed by atoms with Crippen LogP contribution in [0.5, 0.6) is 0 Å². The van der Waals surface area contributed by atoms with E-state index in [1.54, 1.807) is 11.1 Å². The predicted molar refractivity (Wildman–Crippen MR) is 87.1 cm³/mol. The lowest BCUT2D eigenvalue weighted by Gasteiger charge is -2.34. The molecule has 0 aromatic carbocycles. The number of halogens is 3. The molecular weight excluding hydrogens is 373 g/mol. The summed E-state index contributed by atoms with van der Waals surface area (Å²) in [5.74, 6) is -1.15. The SMILES string of the molecule is O=C(c1cnn2c1CCCC2)N1CCN(S(=O)(=O)CCC(F)(F)F)CC1. The van der Waals surface area contributed by atoms with E-state index in [1.165, 1.54) is 0 Å². The molecule has 3 rings (SSSR count). The van der Waals surface area contributed by atoms with Crippen molar-refractivity contribution in [1.82, 2.24) is 19.0 Å². The quantitative estimate of drug-likeness (QED) is 0.771. The van der Waals surface area contributed by atoms with Crippen molar-refractivity contribution in [3.8, 4) is 0 Å². The molecule has 1 aromatic heterocycles. The standard InChI is InChI=1S/C15H21F3N4O3S/c16-15(17,18)4-10-26(24,25)21-8-6-20(7-9-21)14(23)12-11-19-22-5-2-1-3-13(12)22/h11H,1-10H2. The molecule has 1 fully saturated rings. The third kappa shape index (κ3) is 4.20. The molecule has 0 aliphatic carbocycles. The first-order valence-electron chi connectivity index (χ1n) is 8.56. The van der Waals surface area contributed by atoms with Gasteiger partial charge in [-0.1, -0.05) is 0 Å². The number of carbonyl (C=O) groups is 1. The molecule has 0 N–H and O–H groups in total. The van der Waals surface area contributed by atoms with E-state index in [4.69, 9.17) is 0 Å². The maximum absolute atomic E-state index is 12.7. The number of carbonyl (C=O) groups excluding carboxylic acids is 1. The van der Waals surface area contributed by atoms with Crippen LogP contribution in [-0.2, 0) is 23.0 Å². The Morgan fingerprint density at radius 1 is 1.12 bits per heavy atom. The van der Waals surface area contributed by atoms with Gasteiger partial charge in [-0.3, -0.25) is 9.48 Å². The highest BCUT2D eigenvalue weighted by Gasteiger charge is 2.35. The largest absolute Gasteiger partial charge is 0.390 e. The molecule has 2 aliphatic rings. The van der Waals surface area contributed by atoms with Gasteiger partial charge in [0.05, 0.1) is 29.6 Å². The van der Waals surface area contributed by atoms with Crippen molar-refractivity contribution in [2.24, 2.45) is 0 Å². The van der Waals surface area contributed by atoms with Crippen LogP contribution in [0.1, 0.15) is 35.3 Å². The Labute approximate surface area is 149 Å². The fourth-order valence-corrected chi connectivity index (χ4v) is 4.78. The smallest absolute Gasteiger partial charge is 0.336 e. The van der Waals surface area contributed by atoms with Crippen LogP contribution in [0, 0.1) is 0 Å². The van der Waals surface area contributed by atoms with Crippen molar-refractivity contribution >= 4 is 15.9 Å². The summed E-state index contributed by atoms with van der Waals surface area (Å²) < 4.78 is 63.8. The minimum absolute atomic E-state index is 0.00933. The van der Waals surface area contributed by atoms with Gasteiger partial charge in [0, 0.05) is 32.7 Å². The molecule has 7 nitrogen and oxygen atoms in total. The molecule has 1 aromatic rings. The van der Waals surface area contributed by atoms with E-state index in [-0.39, 0.29) is 32.1 Å². The summed E-state index contributed by atoms with van der Waals surface area (Å²) in [6.07, 6.45) is -1.51. The van der Waals surface area contributed by atoms with Crippen molar-refractivity contribution in [2.75, 3.05) is 31.9 Å². The van der Waals surface area contributed by atoms with Gasteiger partial charge in [-0.15, -0.1) is 0 Å². The monoisotopic (exact) mass is 394 g/mol. The predicted octanol–water partition coefficient (Wildman–Crippen LogP) is 1.26. The summed E-state index contributed by atoms with van der Waals surface area (Å²) in [4.78, 5) is 14.2. The number of aryl methyl sites for hydroxylation is 1. The summed E-state index contributed by atoms with van der Waals surface area (Å²) >= 11 is 0. The van der Waals surface area contributed by atoms with Gasteiger partial charge in [0.15, 0.2) is 0 Å². The van der Waals surface area contributed by atoms with Gasteiger partial charge in [-0.05, 0) is 19.3 Å². The minimum Gasteiger partial charge on any atom is -0.336 e. The Morgan fingerprint density at radius 2 is 1.81 bits per heavy atom. The molecule has 0 saturated carbocycles. The summed E-state index contributed by atoms with van der Waals surface area (Å²) in [7, 11) is -3.97. The minimum atomic E-state index is -4.51. The number of hydrogen-bond donors (Lipinski definition) is 0. The number of piperazine rings is 1. The molecule has 0 atom stereocenters. The molecule has 11 heteroatoms. The van der Waals surface area contributed by atoms with Crippen molar-refractivity contribution < 1.29 is 26.4 Å². The van der Waals surface area contributed by atoms with E-state index < -0.39 is 28.4 Å². The highest BCUT2D eigenvalue weighted by Crippen LogP contribution is 2.23. The third-order valence-corrected chi connectivity index (χ3v) is 6.65. The molecule has 146 valence electrons. The molecule has 26 heavy (non-hydrogen) atoms. The highest BCUT2D eigenvalue weighted by molar-refractivity contribution is 7.89. The molecule has 0 bridgehead atoms. The van der Waals surface area contributed by atoms with Gasteiger partial charge < -0.3 is 4.90 Å². The van der Waals surface area contributed by atoms with Crippen LogP contribution in [0.4, 0.5) is 13.2 Å². The van der Waals surface area contributed by atoms with Crippen LogP contribution in [0.15, 0.2) is 6.20 Å². The summed E-state index contributed by atoms with van der Waals surface area (Å²) in [6, 6.07) is 0. The molecule has 2 aliphatic heterocycles. The second kappa shape index (κ2) is 7.18. The topological polar surface area (TPSA) is 75.5 Å². The van der Waals surface area contributed by atoms with Crippen molar-refractivity contribution in [2.45, 2.75) is 38.4 Å². The first-order chi connectivity index (χ1) is 12.2. The van der Waals surface area contributed by atoms with Crippen molar-refractivity contribution in [1.29, 1.82) is 0 Å². The van der Waals surface area contributed by atoms with E-state index in [2.05, 4.69) is 5.10 Å². The van der Waals surface area contributed by atoms with Crippen LogP contribution in [0.25, 0.3) is 0 Å². The second-order valence-corrected chi connectivity index (χ2v) is 8.65. The normalized spacial score (nSPS) is 19.4. The zero-order chi connectivity index (χ0) is 18.9. The fourth-order valence-electron chi connectivity index (χ4n) is 3.31. The van der Waals surface area contributed by atoms with Gasteiger partial charge in [-0.25, -0.2) is 8.42 Å². The van der Waals surface area contributed by atoms with Gasteiger partial charge in [0.1, 0.15) is 0 Å². The summed E-state index contributed by atoms with van der Waals surface area (Å²) in [5, 5.41) is 4.23. The maximum Gasteiger partial charge on any atom is 0.390 e. The Bertz CT molecular complexity index is 768. The van der Waals surface area contributed by atoms with E-state index >= 15 is 0 Å². The lowest BCUT2D eigenvalue weighted by Crippen LogP contribution is -2.51. The Kier molecular flexibility index (Phi) is 5.29. The third-order valence-electron chi connectivity index (χ3n) is 4.78. The number of aromatic nitrogens is 2. The first-order valence-corrected chi connectivity index (χ1v) is 10.2. The summed E-state index contributed by atoms with van der Waals surface area (Å²) in [5.41, 5.74) is 1.44. The Balaban J connectivity index is 1.60. The van der Waals surface area contributed by atoms with Crippen molar-refractivity contribution in [3.63, 3.8) is 0 Å². The number of amides is 1. The maximum atomic E-state index is 12.7. The first kappa shape index (κ1) is 19.2. The molecule has 3 heterocycles. The van der Waals surface area contributed by atoms with Crippen LogP contribution in [0.3, 0.4) is 0 Å². The number of hydrogen-bond acceptors (Lipinski definition) is 4. The Morgan fingerprint density at radius 3 is 2.46 bits per heavy atom. The second-order valence-electron chi connectivity index (χ2n) is 6.56.